The molecular formula is C41H47FN2O3S. The van der Waals surface area contributed by atoms with Crippen molar-refractivity contribution in [2.24, 2.45) is 33.5 Å². The Labute approximate surface area is 287 Å². The minimum atomic E-state index is -0.856. The highest BCUT2D eigenvalue weighted by Gasteiger charge is 2.74. The summed E-state index contributed by atoms with van der Waals surface area (Å²) in [7, 11) is 0. The molecule has 5 nitrogen and oxygen atoms in total. The number of aliphatic hydroxyl groups is 2. The second-order valence-electron chi connectivity index (χ2n) is 16.5. The lowest BCUT2D eigenvalue weighted by atomic mass is 9.32. The van der Waals surface area contributed by atoms with Gasteiger partial charge in [0.05, 0.1) is 16.6 Å². The first-order valence-corrected chi connectivity index (χ1v) is 18.9. The molecule has 1 aliphatic heterocycles. The van der Waals surface area contributed by atoms with Crippen molar-refractivity contribution in [1.82, 2.24) is 4.90 Å². The average Bonchev–Trinajstić information content (AvgIpc) is 3.63. The lowest BCUT2D eigenvalue weighted by molar-refractivity contribution is -0.176. The lowest BCUT2D eigenvalue weighted by Gasteiger charge is -2.71. The molecule has 2 spiro atoms. The Morgan fingerprint density at radius 3 is 2.40 bits per heavy atom. The van der Waals surface area contributed by atoms with Crippen LogP contribution < -0.4 is 4.90 Å². The average molecular weight is 667 g/mol. The van der Waals surface area contributed by atoms with Crippen LogP contribution in [-0.4, -0.2) is 65.3 Å². The maximum atomic E-state index is 15.0. The van der Waals surface area contributed by atoms with Crippen LogP contribution in [0, 0.1) is 39.3 Å². The summed E-state index contributed by atoms with van der Waals surface area (Å²) in [6.45, 7) is 8.82. The normalized spacial score (nSPS) is 40.4. The highest BCUT2D eigenvalue weighted by atomic mass is 32.1. The van der Waals surface area contributed by atoms with E-state index in [0.717, 1.165) is 90.9 Å². The number of nitrogens with zero attached hydrogens (tertiary/aromatic N) is 2. The van der Waals surface area contributed by atoms with Gasteiger partial charge in [-0.3, -0.25) is 9.69 Å². The van der Waals surface area contributed by atoms with E-state index in [1.54, 1.807) is 11.3 Å². The zero-order valence-electron chi connectivity index (χ0n) is 28.1. The molecule has 1 unspecified atom stereocenters. The summed E-state index contributed by atoms with van der Waals surface area (Å²) in [5.41, 5.74) is -0.0289. The summed E-state index contributed by atoms with van der Waals surface area (Å²) in [5.74, 6) is 0.370. The molecule has 252 valence electrons. The van der Waals surface area contributed by atoms with Gasteiger partial charge in [0.1, 0.15) is 5.82 Å². The number of halogens is 1. The number of anilines is 1. The monoisotopic (exact) mass is 666 g/mol. The summed E-state index contributed by atoms with van der Waals surface area (Å²) < 4.78 is 14.7. The Morgan fingerprint density at radius 2 is 1.62 bits per heavy atom. The number of thiophene rings is 1. The molecule has 2 aromatic carbocycles. The van der Waals surface area contributed by atoms with E-state index in [0.29, 0.717) is 18.9 Å². The number of hydrogen-bond donors (Lipinski definition) is 2. The maximum absolute atomic E-state index is 15.0. The molecule has 3 aromatic rings. The summed E-state index contributed by atoms with van der Waals surface area (Å²) in [4.78, 5) is 20.5. The minimum absolute atomic E-state index is 0.0381. The van der Waals surface area contributed by atoms with Gasteiger partial charge in [-0.1, -0.05) is 50.3 Å². The first-order valence-electron chi connectivity index (χ1n) is 18.1. The van der Waals surface area contributed by atoms with Crippen molar-refractivity contribution in [2.45, 2.75) is 70.5 Å². The van der Waals surface area contributed by atoms with E-state index in [2.05, 4.69) is 60.1 Å². The molecule has 2 heterocycles. The third-order valence-electron chi connectivity index (χ3n) is 14.7. The zero-order chi connectivity index (χ0) is 33.1. The Morgan fingerprint density at radius 1 is 0.917 bits per heavy atom. The number of hydrogen-bond acceptors (Lipinski definition) is 6. The number of piperazine rings is 1. The van der Waals surface area contributed by atoms with Crippen LogP contribution in [0.3, 0.4) is 0 Å². The number of allylic oxidation sites excluding steroid dienone is 4. The standard InChI is InChI=1S/C41H47FN2O3S/c1-37-14-11-30(45)24-39(37)17-18-41(31(25-39)36(46)33-23-27-5-3-4-6-32(27)48-33)34(37)12-15-38(2)35(41)13-16-40(38,47)26-43-19-21-44(22-20-43)29-9-7-28(42)8-10-29/h3-10,17-18,23,25,30,34-35,45,47H,11-16,19-22,24,26H2,1-2H3/t30?,34-,35-,37-,38+,39+,40-,41-/m1/s1. The smallest absolute Gasteiger partial charge is 0.199 e. The van der Waals surface area contributed by atoms with Gasteiger partial charge in [-0.05, 0) is 104 Å². The molecule has 2 bridgehead atoms. The fraction of sp³-hybridized carbons (Fsp3) is 0.537. The van der Waals surface area contributed by atoms with E-state index in [4.69, 9.17) is 0 Å². The number of carbonyl (C=O) groups excluding carboxylic acids is 1. The first-order chi connectivity index (χ1) is 23.0. The van der Waals surface area contributed by atoms with E-state index in [1.165, 1.54) is 12.1 Å². The summed E-state index contributed by atoms with van der Waals surface area (Å²) in [6.07, 6.45) is 12.8. The van der Waals surface area contributed by atoms with Gasteiger partial charge in [-0.25, -0.2) is 4.39 Å². The van der Waals surface area contributed by atoms with Gasteiger partial charge < -0.3 is 15.1 Å². The van der Waals surface area contributed by atoms with E-state index < -0.39 is 11.0 Å². The molecule has 4 fully saturated rings. The Bertz CT molecular complexity index is 1810. The van der Waals surface area contributed by atoms with E-state index in [-0.39, 0.29) is 39.9 Å². The van der Waals surface area contributed by atoms with Crippen LogP contribution in [0.5, 0.6) is 0 Å². The summed E-state index contributed by atoms with van der Waals surface area (Å²) in [6, 6.07) is 17.1. The molecule has 7 aliphatic rings. The number of benzene rings is 2. The second-order valence-corrected chi connectivity index (χ2v) is 17.6. The predicted molar refractivity (Wildman–Crippen MR) is 190 cm³/mol. The van der Waals surface area contributed by atoms with E-state index >= 15 is 0 Å². The third-order valence-corrected chi connectivity index (χ3v) is 15.8. The molecule has 10 rings (SSSR count). The fourth-order valence-corrected chi connectivity index (χ4v) is 13.0. The molecule has 1 aromatic heterocycles. The van der Waals surface area contributed by atoms with Gasteiger partial charge in [0.25, 0.3) is 0 Å². The highest BCUT2D eigenvalue weighted by molar-refractivity contribution is 7.21. The first kappa shape index (κ1) is 31.2. The molecule has 2 N–H and O–H groups in total. The fourth-order valence-electron chi connectivity index (χ4n) is 12.0. The molecule has 0 amide bonds. The van der Waals surface area contributed by atoms with Crippen LogP contribution in [0.15, 0.2) is 78.4 Å². The number of Topliss-reactive ketones (excluding diaryl/α,β-unsaturated/α-hetero) is 1. The van der Waals surface area contributed by atoms with Crippen molar-refractivity contribution >= 4 is 32.9 Å². The van der Waals surface area contributed by atoms with Gasteiger partial charge in [-0.2, -0.15) is 0 Å². The Hall–Kier alpha value is -2.84. The Kier molecular flexibility index (Phi) is 6.87. The predicted octanol–water partition coefficient (Wildman–Crippen LogP) is 7.64. The highest BCUT2D eigenvalue weighted by Crippen LogP contribution is 2.78. The van der Waals surface area contributed by atoms with Crippen molar-refractivity contribution in [2.75, 3.05) is 37.6 Å². The van der Waals surface area contributed by atoms with Crippen LogP contribution in [0.2, 0.25) is 0 Å². The SMILES string of the molecule is C[C@]12CC[C@H]3[C@]4(C=C[C@@]5(C=C4C(=O)c4cc6ccccc6s4)CC(O)CC[C@]35C)[C@@H]1CC[C@@]2(O)CN1CCN(c2ccc(F)cc2)CC1. The molecule has 6 aliphatic carbocycles. The molecular weight excluding hydrogens is 620 g/mol. The van der Waals surface area contributed by atoms with Crippen molar-refractivity contribution < 1.29 is 19.4 Å². The van der Waals surface area contributed by atoms with Crippen molar-refractivity contribution in [3.8, 4) is 0 Å². The largest absolute Gasteiger partial charge is 0.393 e. The molecule has 0 radical (unpaired) electrons. The van der Waals surface area contributed by atoms with Crippen molar-refractivity contribution in [1.29, 1.82) is 0 Å². The van der Waals surface area contributed by atoms with Gasteiger partial charge in [0.2, 0.25) is 0 Å². The van der Waals surface area contributed by atoms with Crippen molar-refractivity contribution in [3.63, 3.8) is 0 Å². The number of carbonyl (C=O) groups is 1. The van der Waals surface area contributed by atoms with Gasteiger partial charge >= 0.3 is 0 Å². The van der Waals surface area contributed by atoms with Gasteiger partial charge in [0.15, 0.2) is 5.78 Å². The molecule has 3 saturated carbocycles. The van der Waals surface area contributed by atoms with E-state index in [9.17, 15) is 19.4 Å². The van der Waals surface area contributed by atoms with Crippen LogP contribution in [-0.2, 0) is 0 Å². The van der Waals surface area contributed by atoms with Crippen molar-refractivity contribution in [3.05, 3.63) is 89.1 Å². The number of fused-ring (bicyclic) bond motifs is 2. The quantitative estimate of drug-likeness (QED) is 0.217. The summed E-state index contributed by atoms with van der Waals surface area (Å²) >= 11 is 1.59. The lowest BCUT2D eigenvalue weighted by Crippen LogP contribution is -2.67. The van der Waals surface area contributed by atoms with Crippen LogP contribution >= 0.6 is 11.3 Å². The Balaban J connectivity index is 1.06. The maximum Gasteiger partial charge on any atom is 0.199 e. The molecule has 8 atom stereocenters. The van der Waals surface area contributed by atoms with Gasteiger partial charge in [0, 0.05) is 64.9 Å². The van der Waals surface area contributed by atoms with Gasteiger partial charge in [-0.15, -0.1) is 11.3 Å². The topological polar surface area (TPSA) is 64.0 Å². The van der Waals surface area contributed by atoms with E-state index in [1.807, 2.05) is 24.3 Å². The molecule has 1 saturated heterocycles. The zero-order valence-corrected chi connectivity index (χ0v) is 28.9. The number of ketones is 1. The third kappa shape index (κ3) is 4.14. The number of aliphatic hydroxyl groups excluding tert-OH is 1. The minimum Gasteiger partial charge on any atom is -0.393 e. The second kappa shape index (κ2) is 10.6. The summed E-state index contributed by atoms with van der Waals surface area (Å²) in [5, 5.41) is 25.0. The van der Waals surface area contributed by atoms with Crippen LogP contribution in [0.1, 0.15) is 68.5 Å². The van der Waals surface area contributed by atoms with Crippen LogP contribution in [0.25, 0.3) is 10.1 Å². The molecule has 7 heteroatoms. The van der Waals surface area contributed by atoms with Crippen LogP contribution in [0.4, 0.5) is 10.1 Å². The number of rotatable bonds is 5. The number of β-amino-alcohol motifs (C(OH)–C–C–N with tert-alkyl or cyclic N) is 1. The molecule has 48 heavy (non-hydrogen) atoms.